The maximum absolute atomic E-state index is 12.6. The van der Waals surface area contributed by atoms with E-state index < -0.39 is 17.6 Å². The highest BCUT2D eigenvalue weighted by molar-refractivity contribution is 5.93. The zero-order valence-corrected chi connectivity index (χ0v) is 8.58. The molecule has 0 radical (unpaired) electrons. The van der Waals surface area contributed by atoms with Crippen molar-refractivity contribution < 1.29 is 18.0 Å². The summed E-state index contributed by atoms with van der Waals surface area (Å²) in [6.07, 6.45) is -4.65. The maximum Gasteiger partial charge on any atom is 0.411 e. The molecule has 1 aliphatic carbocycles. The van der Waals surface area contributed by atoms with Gasteiger partial charge in [0.05, 0.1) is 0 Å². The second-order valence-corrected chi connectivity index (χ2v) is 3.88. The summed E-state index contributed by atoms with van der Waals surface area (Å²) in [6, 6.07) is 2.53. The van der Waals surface area contributed by atoms with Gasteiger partial charge in [-0.05, 0) is 25.0 Å². The molecule has 1 amide bonds. The molecule has 1 saturated carbocycles. The highest BCUT2D eigenvalue weighted by atomic mass is 19.4. The highest BCUT2D eigenvalue weighted by Crippen LogP contribution is 2.48. The Morgan fingerprint density at radius 3 is 2.41 bits per heavy atom. The largest absolute Gasteiger partial charge is 0.411 e. The van der Waals surface area contributed by atoms with Gasteiger partial charge in [-0.15, -0.1) is 10.2 Å². The van der Waals surface area contributed by atoms with Crippen LogP contribution in [0.3, 0.4) is 0 Å². The minimum Gasteiger partial charge on any atom is -0.382 e. The molecular weight excluding hydrogens is 237 g/mol. The van der Waals surface area contributed by atoms with Crippen molar-refractivity contribution in [3.8, 4) is 0 Å². The van der Waals surface area contributed by atoms with Crippen molar-refractivity contribution in [2.24, 2.45) is 0 Å². The first-order chi connectivity index (χ1) is 7.84. The first-order valence-electron chi connectivity index (χ1n) is 4.82. The number of nitrogens with one attached hydrogen (secondary N) is 1. The Labute approximate surface area is 94.2 Å². The molecule has 1 aromatic rings. The van der Waals surface area contributed by atoms with E-state index in [-0.39, 0.29) is 24.4 Å². The molecule has 92 valence electrons. The molecule has 3 N–H and O–H groups in total. The molecule has 0 atom stereocenters. The van der Waals surface area contributed by atoms with E-state index in [1.165, 1.54) is 12.1 Å². The number of aromatic nitrogens is 2. The van der Waals surface area contributed by atoms with Crippen molar-refractivity contribution in [3.63, 3.8) is 0 Å². The number of carbonyl (C=O) groups is 1. The second-order valence-electron chi connectivity index (χ2n) is 3.88. The highest BCUT2D eigenvalue weighted by Gasteiger charge is 2.64. The Morgan fingerprint density at radius 2 is 2.00 bits per heavy atom. The molecule has 0 unspecified atom stereocenters. The first-order valence-corrected chi connectivity index (χ1v) is 4.82. The fourth-order valence-electron chi connectivity index (χ4n) is 1.35. The quantitative estimate of drug-likeness (QED) is 0.811. The van der Waals surface area contributed by atoms with Crippen LogP contribution in [-0.2, 0) is 0 Å². The minimum absolute atomic E-state index is 0.0958. The van der Waals surface area contributed by atoms with Gasteiger partial charge in [-0.3, -0.25) is 4.79 Å². The van der Waals surface area contributed by atoms with Gasteiger partial charge in [-0.2, -0.15) is 13.2 Å². The van der Waals surface area contributed by atoms with Crippen LogP contribution >= 0.6 is 0 Å². The van der Waals surface area contributed by atoms with Gasteiger partial charge < -0.3 is 11.1 Å². The van der Waals surface area contributed by atoms with Crippen molar-refractivity contribution in [1.29, 1.82) is 0 Å². The SMILES string of the molecule is Nc1ccc(C(=O)NC2(C(F)(F)F)CC2)nn1. The third-order valence-corrected chi connectivity index (χ3v) is 2.56. The van der Waals surface area contributed by atoms with E-state index in [1.807, 2.05) is 5.32 Å². The molecule has 0 aromatic carbocycles. The third-order valence-electron chi connectivity index (χ3n) is 2.56. The number of nitrogens with zero attached hydrogens (tertiary/aromatic N) is 2. The Balaban J connectivity index is 2.10. The van der Waals surface area contributed by atoms with Crippen molar-refractivity contribution in [1.82, 2.24) is 15.5 Å². The average Bonchev–Trinajstić information content (AvgIpc) is 2.98. The minimum atomic E-state index is -4.44. The summed E-state index contributed by atoms with van der Waals surface area (Å²) < 4.78 is 37.7. The molecule has 2 rings (SSSR count). The van der Waals surface area contributed by atoms with Gasteiger partial charge >= 0.3 is 6.18 Å². The smallest absolute Gasteiger partial charge is 0.382 e. The van der Waals surface area contributed by atoms with Gasteiger partial charge in [0.2, 0.25) is 0 Å². The van der Waals surface area contributed by atoms with Gasteiger partial charge in [0.15, 0.2) is 5.69 Å². The summed E-state index contributed by atoms with van der Waals surface area (Å²) in [5.41, 5.74) is 2.97. The topological polar surface area (TPSA) is 80.9 Å². The lowest BCUT2D eigenvalue weighted by molar-refractivity contribution is -0.163. The van der Waals surface area contributed by atoms with E-state index in [1.54, 1.807) is 0 Å². The summed E-state index contributed by atoms with van der Waals surface area (Å²) in [6.45, 7) is 0. The number of nitrogens with two attached hydrogens (primary N) is 1. The molecule has 0 aliphatic heterocycles. The number of halogens is 3. The molecule has 5 nitrogen and oxygen atoms in total. The van der Waals surface area contributed by atoms with Crippen LogP contribution in [0.25, 0.3) is 0 Å². The van der Waals surface area contributed by atoms with E-state index in [4.69, 9.17) is 5.73 Å². The van der Waals surface area contributed by atoms with Crippen LogP contribution in [0, 0.1) is 0 Å². The van der Waals surface area contributed by atoms with Gasteiger partial charge in [0.25, 0.3) is 5.91 Å². The molecule has 1 heterocycles. The number of amides is 1. The number of anilines is 1. The van der Waals surface area contributed by atoms with Crippen LogP contribution in [0.5, 0.6) is 0 Å². The van der Waals surface area contributed by atoms with Crippen molar-refractivity contribution in [3.05, 3.63) is 17.8 Å². The first kappa shape index (κ1) is 11.6. The number of carbonyl (C=O) groups excluding carboxylic acids is 1. The van der Waals surface area contributed by atoms with Crippen LogP contribution < -0.4 is 11.1 Å². The summed E-state index contributed by atoms with van der Waals surface area (Å²) in [5.74, 6) is -0.800. The van der Waals surface area contributed by atoms with Gasteiger partial charge in [0.1, 0.15) is 11.4 Å². The zero-order chi connectivity index (χ0) is 12.7. The lowest BCUT2D eigenvalue weighted by Crippen LogP contribution is -2.48. The second kappa shape index (κ2) is 3.57. The molecule has 1 fully saturated rings. The predicted molar refractivity (Wildman–Crippen MR) is 51.9 cm³/mol. The fourth-order valence-corrected chi connectivity index (χ4v) is 1.35. The van der Waals surface area contributed by atoms with Gasteiger partial charge in [-0.1, -0.05) is 0 Å². The van der Waals surface area contributed by atoms with Crippen LogP contribution in [-0.4, -0.2) is 27.8 Å². The molecule has 1 aromatic heterocycles. The molecule has 17 heavy (non-hydrogen) atoms. The van der Waals surface area contributed by atoms with Crippen molar-refractivity contribution >= 4 is 11.7 Å². The number of alkyl halides is 3. The summed E-state index contributed by atoms with van der Waals surface area (Å²) in [4.78, 5) is 11.5. The molecule has 8 heteroatoms. The van der Waals surface area contributed by atoms with Crippen LogP contribution in [0.1, 0.15) is 23.3 Å². The lowest BCUT2D eigenvalue weighted by Gasteiger charge is -2.20. The van der Waals surface area contributed by atoms with E-state index in [2.05, 4.69) is 10.2 Å². The van der Waals surface area contributed by atoms with E-state index >= 15 is 0 Å². The maximum atomic E-state index is 12.6. The molecule has 0 saturated heterocycles. The standard InChI is InChI=1S/C9H9F3N4O/c10-9(11,12)8(3-4-8)14-7(17)5-1-2-6(13)16-15-5/h1-2H,3-4H2,(H2,13,16)(H,14,17). The summed E-state index contributed by atoms with van der Waals surface area (Å²) in [5, 5.41) is 8.75. The number of rotatable bonds is 2. The monoisotopic (exact) mass is 246 g/mol. The number of nitrogen functional groups attached to an aromatic ring is 1. The number of hydrogen-bond donors (Lipinski definition) is 2. The fraction of sp³-hybridized carbons (Fsp3) is 0.444. The van der Waals surface area contributed by atoms with Gasteiger partial charge in [-0.25, -0.2) is 0 Å². The van der Waals surface area contributed by atoms with Crippen molar-refractivity contribution in [2.75, 3.05) is 5.73 Å². The molecular formula is C9H9F3N4O. The summed E-state index contributed by atoms with van der Waals surface area (Å²) in [7, 11) is 0. The van der Waals surface area contributed by atoms with E-state index in [0.717, 1.165) is 0 Å². The zero-order valence-electron chi connectivity index (χ0n) is 8.58. The van der Waals surface area contributed by atoms with Crippen LogP contribution in [0.15, 0.2) is 12.1 Å². The molecule has 0 spiro atoms. The van der Waals surface area contributed by atoms with Crippen molar-refractivity contribution in [2.45, 2.75) is 24.6 Å². The Hall–Kier alpha value is -1.86. The Kier molecular flexibility index (Phi) is 2.44. The predicted octanol–water partition coefficient (Wildman–Crippen LogP) is 0.884. The molecule has 1 aliphatic rings. The Bertz CT molecular complexity index is 439. The normalized spacial score (nSPS) is 17.6. The van der Waals surface area contributed by atoms with Gasteiger partial charge in [0, 0.05) is 0 Å². The lowest BCUT2D eigenvalue weighted by atomic mass is 10.2. The van der Waals surface area contributed by atoms with Crippen LogP contribution in [0.4, 0.5) is 19.0 Å². The number of hydrogen-bond acceptors (Lipinski definition) is 4. The Morgan fingerprint density at radius 1 is 1.35 bits per heavy atom. The van der Waals surface area contributed by atoms with E-state index in [0.29, 0.717) is 0 Å². The average molecular weight is 246 g/mol. The molecule has 0 bridgehead atoms. The third kappa shape index (κ3) is 2.15. The van der Waals surface area contributed by atoms with E-state index in [9.17, 15) is 18.0 Å². The summed E-state index contributed by atoms with van der Waals surface area (Å²) >= 11 is 0. The van der Waals surface area contributed by atoms with Crippen LogP contribution in [0.2, 0.25) is 0 Å².